The van der Waals surface area contributed by atoms with Crippen LogP contribution in [0.2, 0.25) is 0 Å². The molecule has 3 rings (SSSR count). The van der Waals surface area contributed by atoms with Crippen LogP contribution in [0.4, 0.5) is 5.82 Å². The molecule has 1 saturated heterocycles. The van der Waals surface area contributed by atoms with E-state index >= 15 is 0 Å². The zero-order chi connectivity index (χ0) is 16.9. The van der Waals surface area contributed by atoms with Crippen LogP contribution >= 0.6 is 0 Å². The summed E-state index contributed by atoms with van der Waals surface area (Å²) in [6.45, 7) is 4.61. The van der Waals surface area contributed by atoms with E-state index in [-0.39, 0.29) is 18.1 Å². The fourth-order valence-corrected chi connectivity index (χ4v) is 3.05. The Kier molecular flexibility index (Phi) is 5.27. The van der Waals surface area contributed by atoms with Crippen LogP contribution in [0.3, 0.4) is 0 Å². The van der Waals surface area contributed by atoms with Gasteiger partial charge in [-0.3, -0.25) is 10.1 Å². The third-order valence-electron chi connectivity index (χ3n) is 4.27. The number of benzene rings is 1. The highest BCUT2D eigenvalue weighted by molar-refractivity contribution is 5.94. The molecule has 128 valence electrons. The molecule has 0 aliphatic carbocycles. The van der Waals surface area contributed by atoms with Crippen LogP contribution in [-0.4, -0.2) is 29.8 Å². The maximum Gasteiger partial charge on any atom is 0.247 e. The van der Waals surface area contributed by atoms with Crippen molar-refractivity contribution in [3.05, 3.63) is 47.7 Å². The minimum atomic E-state index is -0.469. The Morgan fingerprint density at radius 2 is 2.17 bits per heavy atom. The molecule has 3 atom stereocenters. The molecule has 1 aromatic heterocycles. The number of aromatic nitrogens is 1. The number of anilines is 1. The second-order valence-electron chi connectivity index (χ2n) is 6.04. The Bertz CT molecular complexity index is 671. The molecular weight excluding hydrogens is 306 g/mol. The lowest BCUT2D eigenvalue weighted by molar-refractivity contribution is -0.118. The van der Waals surface area contributed by atoms with Gasteiger partial charge in [-0.15, -0.1) is 0 Å². The van der Waals surface area contributed by atoms with Crippen LogP contribution in [0.1, 0.15) is 37.1 Å². The van der Waals surface area contributed by atoms with Crippen molar-refractivity contribution in [3.8, 4) is 0 Å². The van der Waals surface area contributed by atoms with E-state index in [4.69, 9.17) is 9.26 Å². The standard InChI is InChI=1S/C18H23N3O3/c1-3-15-14(9-10-23-15)19-17(13-7-5-4-6-8-13)18(22)20-16-11-12(2)24-21-16/h4-8,11,14-15,17,19H,3,9-10H2,1-2H3,(H,20,21,22)/t14-,15+,17?/m1/s1. The lowest BCUT2D eigenvalue weighted by Gasteiger charge is -2.25. The maximum atomic E-state index is 12.8. The van der Waals surface area contributed by atoms with Crippen molar-refractivity contribution >= 4 is 11.7 Å². The summed E-state index contributed by atoms with van der Waals surface area (Å²) < 4.78 is 10.7. The van der Waals surface area contributed by atoms with E-state index in [9.17, 15) is 4.79 Å². The van der Waals surface area contributed by atoms with Crippen molar-refractivity contribution in [1.29, 1.82) is 0 Å². The van der Waals surface area contributed by atoms with E-state index in [0.717, 1.165) is 25.0 Å². The fraction of sp³-hybridized carbons (Fsp3) is 0.444. The van der Waals surface area contributed by atoms with Crippen molar-refractivity contribution in [3.63, 3.8) is 0 Å². The molecule has 0 radical (unpaired) electrons. The average molecular weight is 329 g/mol. The third-order valence-corrected chi connectivity index (χ3v) is 4.27. The number of hydrogen-bond acceptors (Lipinski definition) is 5. The molecule has 1 aliphatic heterocycles. The minimum absolute atomic E-state index is 0.137. The van der Waals surface area contributed by atoms with E-state index in [1.165, 1.54) is 0 Å². The molecule has 6 heteroatoms. The smallest absolute Gasteiger partial charge is 0.247 e. The highest BCUT2D eigenvalue weighted by Crippen LogP contribution is 2.22. The Morgan fingerprint density at radius 1 is 1.38 bits per heavy atom. The number of aryl methyl sites for hydroxylation is 1. The number of nitrogens with one attached hydrogen (secondary N) is 2. The van der Waals surface area contributed by atoms with Crippen molar-refractivity contribution in [2.45, 2.75) is 44.9 Å². The van der Waals surface area contributed by atoms with Crippen LogP contribution in [0, 0.1) is 6.92 Å². The van der Waals surface area contributed by atoms with Crippen LogP contribution in [0.5, 0.6) is 0 Å². The Labute approximate surface area is 141 Å². The fourth-order valence-electron chi connectivity index (χ4n) is 3.05. The molecule has 1 aliphatic rings. The Balaban J connectivity index is 1.78. The lowest BCUT2D eigenvalue weighted by atomic mass is 10.0. The van der Waals surface area contributed by atoms with E-state index < -0.39 is 6.04 Å². The number of carbonyl (C=O) groups excluding carboxylic acids is 1. The van der Waals surface area contributed by atoms with Crippen molar-refractivity contribution in [2.24, 2.45) is 0 Å². The predicted octanol–water partition coefficient (Wildman–Crippen LogP) is 2.82. The van der Waals surface area contributed by atoms with Gasteiger partial charge in [-0.1, -0.05) is 42.4 Å². The SMILES string of the molecule is CC[C@@H]1OCC[C@H]1NC(C(=O)Nc1cc(C)on1)c1ccccc1. The van der Waals surface area contributed by atoms with E-state index in [0.29, 0.717) is 11.6 Å². The van der Waals surface area contributed by atoms with Gasteiger partial charge in [0.15, 0.2) is 5.82 Å². The van der Waals surface area contributed by atoms with Crippen LogP contribution < -0.4 is 10.6 Å². The highest BCUT2D eigenvalue weighted by Gasteiger charge is 2.32. The highest BCUT2D eigenvalue weighted by atomic mass is 16.5. The topological polar surface area (TPSA) is 76.4 Å². The summed E-state index contributed by atoms with van der Waals surface area (Å²) in [4.78, 5) is 12.8. The molecule has 2 N–H and O–H groups in total. The molecule has 1 unspecified atom stereocenters. The minimum Gasteiger partial charge on any atom is -0.377 e. The van der Waals surface area contributed by atoms with Gasteiger partial charge in [0.1, 0.15) is 11.8 Å². The van der Waals surface area contributed by atoms with Gasteiger partial charge in [-0.25, -0.2) is 0 Å². The zero-order valence-electron chi connectivity index (χ0n) is 14.0. The second-order valence-corrected chi connectivity index (χ2v) is 6.04. The van der Waals surface area contributed by atoms with Crippen molar-refractivity contribution in [2.75, 3.05) is 11.9 Å². The van der Waals surface area contributed by atoms with E-state index in [2.05, 4.69) is 22.7 Å². The predicted molar refractivity (Wildman–Crippen MR) is 90.6 cm³/mol. The van der Waals surface area contributed by atoms with Gasteiger partial charge in [-0.05, 0) is 25.3 Å². The van der Waals surface area contributed by atoms with E-state index in [1.54, 1.807) is 13.0 Å². The first-order valence-corrected chi connectivity index (χ1v) is 8.34. The normalized spacial score (nSPS) is 21.6. The molecular formula is C18H23N3O3. The molecule has 0 spiro atoms. The summed E-state index contributed by atoms with van der Waals surface area (Å²) >= 11 is 0. The molecule has 1 fully saturated rings. The maximum absolute atomic E-state index is 12.8. The summed E-state index contributed by atoms with van der Waals surface area (Å²) in [5, 5.41) is 10.1. The number of hydrogen-bond donors (Lipinski definition) is 2. The number of carbonyl (C=O) groups is 1. The molecule has 0 bridgehead atoms. The number of rotatable bonds is 6. The monoisotopic (exact) mass is 329 g/mol. The molecule has 2 aromatic rings. The lowest BCUT2D eigenvalue weighted by Crippen LogP contribution is -2.43. The molecule has 6 nitrogen and oxygen atoms in total. The first-order valence-electron chi connectivity index (χ1n) is 8.34. The van der Waals surface area contributed by atoms with Gasteiger partial charge < -0.3 is 14.6 Å². The van der Waals surface area contributed by atoms with Crippen LogP contribution in [0.15, 0.2) is 40.9 Å². The average Bonchev–Trinajstić information content (AvgIpc) is 3.21. The molecule has 1 aromatic carbocycles. The number of amides is 1. The summed E-state index contributed by atoms with van der Waals surface area (Å²) in [6, 6.07) is 11.1. The van der Waals surface area contributed by atoms with Crippen LogP contribution in [0.25, 0.3) is 0 Å². The van der Waals surface area contributed by atoms with Gasteiger partial charge >= 0.3 is 0 Å². The van der Waals surface area contributed by atoms with Crippen molar-refractivity contribution in [1.82, 2.24) is 10.5 Å². The van der Waals surface area contributed by atoms with Gasteiger partial charge in [-0.2, -0.15) is 0 Å². The number of ether oxygens (including phenoxy) is 1. The quantitative estimate of drug-likeness (QED) is 0.852. The summed E-state index contributed by atoms with van der Waals surface area (Å²) in [6.07, 6.45) is 1.96. The summed E-state index contributed by atoms with van der Waals surface area (Å²) in [7, 11) is 0. The summed E-state index contributed by atoms with van der Waals surface area (Å²) in [5.74, 6) is 0.927. The largest absolute Gasteiger partial charge is 0.377 e. The molecule has 0 saturated carbocycles. The second kappa shape index (κ2) is 7.59. The van der Waals surface area contributed by atoms with Gasteiger partial charge in [0.2, 0.25) is 5.91 Å². The first-order chi connectivity index (χ1) is 11.7. The van der Waals surface area contributed by atoms with Gasteiger partial charge in [0.25, 0.3) is 0 Å². The molecule has 2 heterocycles. The zero-order valence-corrected chi connectivity index (χ0v) is 14.0. The van der Waals surface area contributed by atoms with Crippen LogP contribution in [-0.2, 0) is 9.53 Å². The van der Waals surface area contributed by atoms with E-state index in [1.807, 2.05) is 30.3 Å². The van der Waals surface area contributed by atoms with Crippen molar-refractivity contribution < 1.29 is 14.1 Å². The molecule has 24 heavy (non-hydrogen) atoms. The summed E-state index contributed by atoms with van der Waals surface area (Å²) in [5.41, 5.74) is 0.914. The van der Waals surface area contributed by atoms with Gasteiger partial charge in [0, 0.05) is 18.7 Å². The third kappa shape index (κ3) is 3.83. The molecule has 1 amide bonds. The Morgan fingerprint density at radius 3 is 2.83 bits per heavy atom. The first kappa shape index (κ1) is 16.7. The Hall–Kier alpha value is -2.18. The number of nitrogens with zero attached hydrogens (tertiary/aromatic N) is 1. The van der Waals surface area contributed by atoms with Gasteiger partial charge in [0.05, 0.1) is 6.10 Å².